The van der Waals surface area contributed by atoms with Gasteiger partial charge >= 0.3 is 0 Å². The summed E-state index contributed by atoms with van der Waals surface area (Å²) < 4.78 is 7.01. The molecule has 12 rings (SSSR count). The van der Waals surface area contributed by atoms with Gasteiger partial charge in [0.25, 0.3) is 0 Å². The molecule has 9 aromatic rings. The first kappa shape index (κ1) is 30.5. The Hall–Kier alpha value is -6.96. The van der Waals surface area contributed by atoms with Crippen molar-refractivity contribution in [3.63, 3.8) is 0 Å². The lowest BCUT2D eigenvalue weighted by atomic mass is 9.61. The molecular weight excluding hydrogens is 665 g/mol. The number of benzene rings is 9. The molecular formula is C54H34O. The van der Waals surface area contributed by atoms with Crippen molar-refractivity contribution in [1.29, 1.82) is 0 Å². The van der Waals surface area contributed by atoms with Gasteiger partial charge in [-0.15, -0.1) is 0 Å². The van der Waals surface area contributed by atoms with E-state index in [1.165, 1.54) is 77.5 Å². The summed E-state index contributed by atoms with van der Waals surface area (Å²) in [7, 11) is 0. The van der Waals surface area contributed by atoms with Gasteiger partial charge in [0.1, 0.15) is 11.5 Å². The predicted octanol–water partition coefficient (Wildman–Crippen LogP) is 13.3. The number of hydrogen-bond donors (Lipinski definition) is 0. The maximum Gasteiger partial charge on any atom is 0.132 e. The Labute approximate surface area is 320 Å². The molecule has 2 aliphatic carbocycles. The van der Waals surface area contributed by atoms with E-state index in [1.807, 2.05) is 0 Å². The minimum absolute atomic E-state index is 0.548. The largest absolute Gasteiger partial charge is 0.457 e. The molecule has 1 heterocycles. The average Bonchev–Trinajstić information content (AvgIpc) is 3.73. The Balaban J connectivity index is 1.27. The third-order valence-electron chi connectivity index (χ3n) is 12.6. The lowest BCUT2D eigenvalue weighted by molar-refractivity contribution is 0.435. The van der Waals surface area contributed by atoms with Crippen LogP contribution in [0.15, 0.2) is 206 Å². The third kappa shape index (κ3) is 3.82. The summed E-state index contributed by atoms with van der Waals surface area (Å²) in [5.41, 5.74) is 16.5. The van der Waals surface area contributed by atoms with Crippen LogP contribution in [0.2, 0.25) is 0 Å². The molecule has 0 radical (unpaired) electrons. The van der Waals surface area contributed by atoms with Crippen molar-refractivity contribution >= 4 is 10.8 Å². The first-order valence-corrected chi connectivity index (χ1v) is 19.2. The molecule has 0 saturated heterocycles. The predicted molar refractivity (Wildman–Crippen MR) is 224 cm³/mol. The summed E-state index contributed by atoms with van der Waals surface area (Å²) in [5.74, 6) is 1.76. The molecule has 0 N–H and O–H groups in total. The number of ether oxygens (including phenoxy) is 1. The summed E-state index contributed by atoms with van der Waals surface area (Å²) in [6.45, 7) is 0. The fraction of sp³-hybridized carbons (Fsp3) is 0.0370. The monoisotopic (exact) mass is 698 g/mol. The Bertz CT molecular complexity index is 2960. The van der Waals surface area contributed by atoms with Crippen LogP contribution in [-0.4, -0.2) is 0 Å². The zero-order valence-electron chi connectivity index (χ0n) is 30.0. The highest BCUT2D eigenvalue weighted by Crippen LogP contribution is 2.67. The molecule has 0 aromatic heterocycles. The maximum atomic E-state index is 7.01. The number of para-hydroxylation sites is 1. The minimum atomic E-state index is -0.664. The Morgan fingerprint density at radius 2 is 0.745 bits per heavy atom. The Morgan fingerprint density at radius 1 is 0.273 bits per heavy atom. The highest BCUT2D eigenvalue weighted by atomic mass is 16.5. The van der Waals surface area contributed by atoms with Crippen LogP contribution in [0.4, 0.5) is 0 Å². The fourth-order valence-corrected chi connectivity index (χ4v) is 10.7. The van der Waals surface area contributed by atoms with Crippen LogP contribution in [-0.2, 0) is 10.8 Å². The topological polar surface area (TPSA) is 9.23 Å². The smallest absolute Gasteiger partial charge is 0.132 e. The van der Waals surface area contributed by atoms with Crippen LogP contribution in [0.25, 0.3) is 44.2 Å². The molecule has 55 heavy (non-hydrogen) atoms. The molecule has 0 saturated carbocycles. The van der Waals surface area contributed by atoms with E-state index in [9.17, 15) is 0 Å². The van der Waals surface area contributed by atoms with Gasteiger partial charge in [-0.2, -0.15) is 0 Å². The number of hydrogen-bond acceptors (Lipinski definition) is 1. The Morgan fingerprint density at radius 3 is 1.44 bits per heavy atom. The molecule has 3 aliphatic rings. The lowest BCUT2D eigenvalue weighted by Gasteiger charge is -2.43. The normalized spacial score (nSPS) is 16.4. The van der Waals surface area contributed by atoms with E-state index < -0.39 is 10.8 Å². The van der Waals surface area contributed by atoms with Gasteiger partial charge < -0.3 is 4.74 Å². The average molecular weight is 699 g/mol. The molecule has 1 heteroatoms. The first-order chi connectivity index (χ1) is 27.3. The van der Waals surface area contributed by atoms with Crippen LogP contribution in [0.5, 0.6) is 11.5 Å². The van der Waals surface area contributed by atoms with Crippen molar-refractivity contribution in [2.24, 2.45) is 0 Å². The summed E-state index contributed by atoms with van der Waals surface area (Å²) in [4.78, 5) is 0. The molecule has 1 aliphatic heterocycles. The standard InChI is InChI=1S/C54H34O/c1-3-18-36(19-4-1)53(37-20-5-2-6-21-37)47-30-13-14-31-48(47)55-49-32-16-27-43(52(49)53)42-26-15-25-41-39-23-9-11-28-45(39)54(51(41)42)46-29-12-10-24-40(46)44-34-33-35-17-7-8-22-38(35)50(44)54/h1-34H. The molecule has 0 bridgehead atoms. The van der Waals surface area contributed by atoms with Gasteiger partial charge in [-0.05, 0) is 89.7 Å². The van der Waals surface area contributed by atoms with Crippen LogP contribution >= 0.6 is 0 Å². The van der Waals surface area contributed by atoms with Gasteiger partial charge in [-0.1, -0.05) is 194 Å². The molecule has 1 unspecified atom stereocenters. The van der Waals surface area contributed by atoms with E-state index >= 15 is 0 Å². The second-order valence-corrected chi connectivity index (χ2v) is 15.0. The van der Waals surface area contributed by atoms with Gasteiger partial charge in [0.2, 0.25) is 0 Å². The van der Waals surface area contributed by atoms with E-state index in [0.29, 0.717) is 0 Å². The van der Waals surface area contributed by atoms with Crippen molar-refractivity contribution in [2.75, 3.05) is 0 Å². The number of fused-ring (bicyclic) bond motifs is 14. The maximum absolute atomic E-state index is 7.01. The molecule has 1 nitrogen and oxygen atoms in total. The van der Waals surface area contributed by atoms with Crippen molar-refractivity contribution in [1.82, 2.24) is 0 Å². The zero-order valence-corrected chi connectivity index (χ0v) is 30.0. The summed E-state index contributed by atoms with van der Waals surface area (Å²) in [6, 6.07) is 76.2. The van der Waals surface area contributed by atoms with Crippen molar-refractivity contribution in [3.05, 3.63) is 251 Å². The van der Waals surface area contributed by atoms with Gasteiger partial charge in [-0.3, -0.25) is 0 Å². The van der Waals surface area contributed by atoms with Gasteiger partial charge in [-0.25, -0.2) is 0 Å². The van der Waals surface area contributed by atoms with Gasteiger partial charge in [0.15, 0.2) is 0 Å². The van der Waals surface area contributed by atoms with E-state index in [4.69, 9.17) is 4.74 Å². The molecule has 1 atom stereocenters. The fourth-order valence-electron chi connectivity index (χ4n) is 10.7. The van der Waals surface area contributed by atoms with Crippen LogP contribution in [0.3, 0.4) is 0 Å². The molecule has 256 valence electrons. The SMILES string of the molecule is c1ccc(C2(c3ccccc3)c3ccccc3Oc3cccc(-c4cccc5c4C4(c6ccccc6-5)c5ccccc5-c5ccc6ccccc6c54)c32)cc1. The van der Waals surface area contributed by atoms with Crippen molar-refractivity contribution in [3.8, 4) is 44.9 Å². The van der Waals surface area contributed by atoms with E-state index in [-0.39, 0.29) is 0 Å². The van der Waals surface area contributed by atoms with E-state index in [2.05, 4.69) is 206 Å². The quantitative estimate of drug-likeness (QED) is 0.178. The van der Waals surface area contributed by atoms with E-state index in [1.54, 1.807) is 0 Å². The van der Waals surface area contributed by atoms with Crippen molar-refractivity contribution < 1.29 is 4.74 Å². The van der Waals surface area contributed by atoms with Crippen LogP contribution in [0, 0.1) is 0 Å². The summed E-state index contributed by atoms with van der Waals surface area (Å²) >= 11 is 0. The highest BCUT2D eigenvalue weighted by molar-refractivity contribution is 6.06. The zero-order chi connectivity index (χ0) is 36.1. The minimum Gasteiger partial charge on any atom is -0.457 e. The number of rotatable bonds is 3. The van der Waals surface area contributed by atoms with E-state index in [0.717, 1.165) is 22.6 Å². The van der Waals surface area contributed by atoms with Crippen molar-refractivity contribution in [2.45, 2.75) is 10.8 Å². The molecule has 9 aromatic carbocycles. The lowest BCUT2D eigenvalue weighted by Crippen LogP contribution is -2.35. The molecule has 0 amide bonds. The first-order valence-electron chi connectivity index (χ1n) is 19.2. The van der Waals surface area contributed by atoms with Crippen LogP contribution < -0.4 is 4.74 Å². The second kappa shape index (κ2) is 11.3. The Kier molecular flexibility index (Phi) is 6.25. The molecule has 0 fully saturated rings. The molecule has 1 spiro atoms. The third-order valence-corrected chi connectivity index (χ3v) is 12.6. The van der Waals surface area contributed by atoms with Crippen LogP contribution in [0.1, 0.15) is 44.5 Å². The van der Waals surface area contributed by atoms with Gasteiger partial charge in [0.05, 0.1) is 10.8 Å². The summed E-state index contributed by atoms with van der Waals surface area (Å²) in [5, 5.41) is 2.55. The summed E-state index contributed by atoms with van der Waals surface area (Å²) in [6.07, 6.45) is 0. The second-order valence-electron chi connectivity index (χ2n) is 15.0. The van der Waals surface area contributed by atoms with Gasteiger partial charge in [0, 0.05) is 11.1 Å². The highest BCUT2D eigenvalue weighted by Gasteiger charge is 2.54.